The van der Waals surface area contributed by atoms with Gasteiger partial charge in [0.2, 0.25) is 0 Å². The van der Waals surface area contributed by atoms with E-state index < -0.39 is 0 Å². The van der Waals surface area contributed by atoms with E-state index in [1.54, 1.807) is 11.3 Å². The monoisotopic (exact) mass is 252 g/mol. The second-order valence-corrected chi connectivity index (χ2v) is 5.84. The van der Waals surface area contributed by atoms with Crippen molar-refractivity contribution in [3.05, 3.63) is 22.2 Å². The minimum absolute atomic E-state index is 0.708. The molecule has 0 radical (unpaired) electrons. The first kappa shape index (κ1) is 11.6. The highest BCUT2D eigenvalue weighted by Gasteiger charge is 2.01. The predicted molar refractivity (Wildman–Crippen MR) is 75.0 cm³/mol. The standard InChI is InChI=1S/C12H16N2S2/c1-3-8(2)7-13-9-4-5-10-11(6-9)16-12(15)14-10/h4-6,8,13H,3,7H2,1-2H3,(H,14,15). The fourth-order valence-corrected chi connectivity index (χ4v) is 2.65. The molecule has 1 aromatic heterocycles. The van der Waals surface area contributed by atoms with E-state index in [0.29, 0.717) is 5.92 Å². The average Bonchev–Trinajstić information content (AvgIpc) is 2.65. The second-order valence-electron chi connectivity index (χ2n) is 4.12. The van der Waals surface area contributed by atoms with Crippen molar-refractivity contribution in [3.8, 4) is 0 Å². The predicted octanol–water partition coefficient (Wildman–Crippen LogP) is 4.42. The number of aromatic amines is 1. The van der Waals surface area contributed by atoms with Crippen molar-refractivity contribution >= 4 is 39.5 Å². The lowest BCUT2D eigenvalue weighted by Gasteiger charge is -2.11. The van der Waals surface area contributed by atoms with Crippen molar-refractivity contribution in [2.24, 2.45) is 5.92 Å². The maximum Gasteiger partial charge on any atom is 0.159 e. The number of rotatable bonds is 4. The van der Waals surface area contributed by atoms with Crippen LogP contribution >= 0.6 is 23.6 Å². The van der Waals surface area contributed by atoms with Crippen molar-refractivity contribution in [3.63, 3.8) is 0 Å². The van der Waals surface area contributed by atoms with Crippen LogP contribution < -0.4 is 5.32 Å². The van der Waals surface area contributed by atoms with Crippen LogP contribution in [0.15, 0.2) is 18.2 Å². The smallest absolute Gasteiger partial charge is 0.159 e. The summed E-state index contributed by atoms with van der Waals surface area (Å²) in [7, 11) is 0. The number of hydrogen-bond donors (Lipinski definition) is 2. The molecule has 16 heavy (non-hydrogen) atoms. The fourth-order valence-electron chi connectivity index (χ4n) is 1.49. The third kappa shape index (κ3) is 2.62. The Labute approximate surface area is 105 Å². The molecule has 0 aliphatic carbocycles. The van der Waals surface area contributed by atoms with Crippen LogP contribution in [0.4, 0.5) is 5.69 Å². The van der Waals surface area contributed by atoms with E-state index in [2.05, 4.69) is 42.3 Å². The minimum atomic E-state index is 0.708. The molecule has 0 spiro atoms. The molecule has 0 aliphatic rings. The number of hydrogen-bond acceptors (Lipinski definition) is 3. The molecule has 2 aromatic rings. The summed E-state index contributed by atoms with van der Waals surface area (Å²) in [6.07, 6.45) is 1.21. The van der Waals surface area contributed by atoms with Gasteiger partial charge in [0.05, 0.1) is 10.2 Å². The Kier molecular flexibility index (Phi) is 3.61. The van der Waals surface area contributed by atoms with Gasteiger partial charge in [-0.05, 0) is 36.3 Å². The third-order valence-electron chi connectivity index (χ3n) is 2.77. The Bertz CT molecular complexity index is 527. The first-order valence-electron chi connectivity index (χ1n) is 5.55. The zero-order valence-corrected chi connectivity index (χ0v) is 11.2. The Morgan fingerprint density at radius 2 is 2.31 bits per heavy atom. The van der Waals surface area contributed by atoms with Crippen molar-refractivity contribution in [2.45, 2.75) is 20.3 Å². The summed E-state index contributed by atoms with van der Waals surface area (Å²) in [5.41, 5.74) is 2.31. The summed E-state index contributed by atoms with van der Waals surface area (Å²) in [4.78, 5) is 3.17. The fraction of sp³-hybridized carbons (Fsp3) is 0.417. The molecule has 0 bridgehead atoms. The SMILES string of the molecule is CCC(C)CNc1ccc2[nH]c(=S)sc2c1. The number of fused-ring (bicyclic) bond motifs is 1. The van der Waals surface area contributed by atoms with Gasteiger partial charge in [0.25, 0.3) is 0 Å². The third-order valence-corrected chi connectivity index (χ3v) is 3.97. The molecule has 0 aliphatic heterocycles. The van der Waals surface area contributed by atoms with Crippen molar-refractivity contribution in [2.75, 3.05) is 11.9 Å². The Hall–Kier alpha value is -0.870. The molecule has 1 unspecified atom stereocenters. The minimum Gasteiger partial charge on any atom is -0.385 e. The number of H-pyrrole nitrogens is 1. The van der Waals surface area contributed by atoms with Gasteiger partial charge in [0.15, 0.2) is 3.95 Å². The van der Waals surface area contributed by atoms with Gasteiger partial charge < -0.3 is 10.3 Å². The molecule has 4 heteroatoms. The van der Waals surface area contributed by atoms with Crippen LogP contribution in [0.3, 0.4) is 0 Å². The molecular formula is C12H16N2S2. The summed E-state index contributed by atoms with van der Waals surface area (Å²) in [6.45, 7) is 5.50. The quantitative estimate of drug-likeness (QED) is 0.788. The van der Waals surface area contributed by atoms with E-state index in [4.69, 9.17) is 12.2 Å². The van der Waals surface area contributed by atoms with Crippen LogP contribution in [0, 0.1) is 9.87 Å². The van der Waals surface area contributed by atoms with E-state index in [1.165, 1.54) is 16.8 Å². The van der Waals surface area contributed by atoms with Gasteiger partial charge in [-0.25, -0.2) is 0 Å². The van der Waals surface area contributed by atoms with Gasteiger partial charge in [-0.3, -0.25) is 0 Å². The molecule has 1 atom stereocenters. The van der Waals surface area contributed by atoms with Crippen molar-refractivity contribution in [1.82, 2.24) is 4.98 Å². The van der Waals surface area contributed by atoms with Crippen LogP contribution in [-0.2, 0) is 0 Å². The molecule has 0 saturated heterocycles. The molecule has 0 fully saturated rings. The molecule has 0 saturated carbocycles. The Balaban J connectivity index is 2.16. The molecular weight excluding hydrogens is 236 g/mol. The van der Waals surface area contributed by atoms with Crippen LogP contribution in [0.25, 0.3) is 10.2 Å². The number of nitrogens with one attached hydrogen (secondary N) is 2. The lowest BCUT2D eigenvalue weighted by Crippen LogP contribution is -2.09. The summed E-state index contributed by atoms with van der Waals surface area (Å²) in [5.74, 6) is 0.708. The topological polar surface area (TPSA) is 27.8 Å². The van der Waals surface area contributed by atoms with Gasteiger partial charge in [-0.15, -0.1) is 11.3 Å². The second kappa shape index (κ2) is 4.97. The van der Waals surface area contributed by atoms with Crippen LogP contribution in [-0.4, -0.2) is 11.5 Å². The average molecular weight is 252 g/mol. The van der Waals surface area contributed by atoms with Gasteiger partial charge in [0.1, 0.15) is 0 Å². The van der Waals surface area contributed by atoms with E-state index in [0.717, 1.165) is 16.0 Å². The maximum absolute atomic E-state index is 5.12. The largest absolute Gasteiger partial charge is 0.385 e. The molecule has 0 amide bonds. The molecule has 2 rings (SSSR count). The molecule has 1 heterocycles. The first-order valence-corrected chi connectivity index (χ1v) is 6.78. The zero-order valence-electron chi connectivity index (χ0n) is 9.54. The van der Waals surface area contributed by atoms with Crippen LogP contribution in [0.1, 0.15) is 20.3 Å². The zero-order chi connectivity index (χ0) is 11.5. The van der Waals surface area contributed by atoms with Crippen molar-refractivity contribution in [1.29, 1.82) is 0 Å². The highest BCUT2D eigenvalue weighted by atomic mass is 32.1. The molecule has 1 aromatic carbocycles. The Morgan fingerprint density at radius 3 is 3.06 bits per heavy atom. The van der Waals surface area contributed by atoms with Crippen molar-refractivity contribution < 1.29 is 0 Å². The van der Waals surface area contributed by atoms with Gasteiger partial charge in [-0.2, -0.15) is 0 Å². The van der Waals surface area contributed by atoms with Gasteiger partial charge in [0, 0.05) is 12.2 Å². The number of thiazole rings is 1. The van der Waals surface area contributed by atoms with E-state index in [9.17, 15) is 0 Å². The van der Waals surface area contributed by atoms with Crippen LogP contribution in [0.5, 0.6) is 0 Å². The summed E-state index contributed by atoms with van der Waals surface area (Å²) < 4.78 is 2.06. The lowest BCUT2D eigenvalue weighted by molar-refractivity contribution is 0.593. The molecule has 2 N–H and O–H groups in total. The number of anilines is 1. The highest BCUT2D eigenvalue weighted by molar-refractivity contribution is 7.73. The normalized spacial score (nSPS) is 12.9. The maximum atomic E-state index is 5.12. The van der Waals surface area contributed by atoms with E-state index >= 15 is 0 Å². The Morgan fingerprint density at radius 1 is 1.50 bits per heavy atom. The molecule has 86 valence electrons. The lowest BCUT2D eigenvalue weighted by atomic mass is 10.1. The van der Waals surface area contributed by atoms with E-state index in [1.807, 2.05) is 0 Å². The highest BCUT2D eigenvalue weighted by Crippen LogP contribution is 2.23. The van der Waals surface area contributed by atoms with E-state index in [-0.39, 0.29) is 0 Å². The first-order chi connectivity index (χ1) is 7.69. The number of aromatic nitrogens is 1. The summed E-state index contributed by atoms with van der Waals surface area (Å²) in [6, 6.07) is 6.35. The van der Waals surface area contributed by atoms with Gasteiger partial charge >= 0.3 is 0 Å². The summed E-state index contributed by atoms with van der Waals surface area (Å²) in [5, 5.41) is 3.46. The summed E-state index contributed by atoms with van der Waals surface area (Å²) >= 11 is 6.75. The van der Waals surface area contributed by atoms with Gasteiger partial charge in [-0.1, -0.05) is 20.3 Å². The van der Waals surface area contributed by atoms with Crippen LogP contribution in [0.2, 0.25) is 0 Å². The molecule has 2 nitrogen and oxygen atoms in total. The number of benzene rings is 1.